The lowest BCUT2D eigenvalue weighted by atomic mass is 10.1. The molecule has 1 aliphatic rings. The average molecular weight is 304 g/mol. The van der Waals surface area contributed by atoms with Gasteiger partial charge in [0.25, 0.3) is 0 Å². The second-order valence-electron chi connectivity index (χ2n) is 6.29. The lowest BCUT2D eigenvalue weighted by Crippen LogP contribution is -2.47. The largest absolute Gasteiger partial charge is 0.397 e. The van der Waals surface area contributed by atoms with Crippen LogP contribution in [0.25, 0.3) is 10.2 Å². The van der Waals surface area contributed by atoms with E-state index in [1.54, 1.807) is 11.3 Å². The van der Waals surface area contributed by atoms with Crippen molar-refractivity contribution in [2.75, 3.05) is 43.4 Å². The van der Waals surface area contributed by atoms with Gasteiger partial charge in [-0.25, -0.2) is 4.98 Å². The molecule has 2 heterocycles. The SMILES string of the molecule is Cc1nc2cc(N3CCN(CC(C)C)CC3)c(N)cc2s1. The van der Waals surface area contributed by atoms with Gasteiger partial charge in [0, 0.05) is 32.7 Å². The number of benzene rings is 1. The summed E-state index contributed by atoms with van der Waals surface area (Å²) in [5, 5.41) is 1.10. The highest BCUT2D eigenvalue weighted by Crippen LogP contribution is 2.32. The minimum Gasteiger partial charge on any atom is -0.397 e. The molecule has 0 amide bonds. The number of anilines is 2. The van der Waals surface area contributed by atoms with Gasteiger partial charge in [-0.1, -0.05) is 13.8 Å². The van der Waals surface area contributed by atoms with Gasteiger partial charge < -0.3 is 10.6 Å². The Bertz CT molecular complexity index is 626. The maximum absolute atomic E-state index is 6.27. The van der Waals surface area contributed by atoms with Crippen LogP contribution in [0.5, 0.6) is 0 Å². The van der Waals surface area contributed by atoms with Crippen LogP contribution >= 0.6 is 11.3 Å². The maximum Gasteiger partial charge on any atom is 0.0907 e. The van der Waals surface area contributed by atoms with Crippen molar-refractivity contribution in [3.8, 4) is 0 Å². The third-order valence-electron chi connectivity index (χ3n) is 3.98. The molecule has 4 nitrogen and oxygen atoms in total. The molecular weight excluding hydrogens is 280 g/mol. The van der Waals surface area contributed by atoms with Gasteiger partial charge in [-0.3, -0.25) is 4.90 Å². The van der Waals surface area contributed by atoms with Crippen LogP contribution in [-0.4, -0.2) is 42.6 Å². The van der Waals surface area contributed by atoms with E-state index in [-0.39, 0.29) is 0 Å². The third-order valence-corrected chi connectivity index (χ3v) is 4.91. The van der Waals surface area contributed by atoms with Crippen LogP contribution in [0.4, 0.5) is 11.4 Å². The van der Waals surface area contributed by atoms with Crippen LogP contribution in [0.1, 0.15) is 18.9 Å². The number of nitrogens with two attached hydrogens (primary N) is 1. The van der Waals surface area contributed by atoms with Crippen molar-refractivity contribution in [2.45, 2.75) is 20.8 Å². The van der Waals surface area contributed by atoms with Gasteiger partial charge in [-0.05, 0) is 25.0 Å². The molecule has 1 aromatic heterocycles. The molecule has 0 unspecified atom stereocenters. The summed E-state index contributed by atoms with van der Waals surface area (Å²) in [5.74, 6) is 0.732. The van der Waals surface area contributed by atoms with E-state index >= 15 is 0 Å². The van der Waals surface area contributed by atoms with Crippen LogP contribution < -0.4 is 10.6 Å². The fourth-order valence-corrected chi connectivity index (χ4v) is 3.91. The van der Waals surface area contributed by atoms with E-state index in [1.807, 2.05) is 6.92 Å². The van der Waals surface area contributed by atoms with Crippen molar-refractivity contribution in [1.82, 2.24) is 9.88 Å². The lowest BCUT2D eigenvalue weighted by Gasteiger charge is -2.37. The van der Waals surface area contributed by atoms with E-state index in [0.717, 1.165) is 54.0 Å². The molecule has 5 heteroatoms. The first kappa shape index (κ1) is 14.6. The number of hydrogen-bond donors (Lipinski definition) is 1. The van der Waals surface area contributed by atoms with Crippen LogP contribution in [0.3, 0.4) is 0 Å². The number of nitrogens with zero attached hydrogens (tertiary/aromatic N) is 3. The maximum atomic E-state index is 6.27. The van der Waals surface area contributed by atoms with Gasteiger partial charge in [-0.2, -0.15) is 0 Å². The number of aromatic nitrogens is 1. The minimum absolute atomic E-state index is 0.732. The second kappa shape index (κ2) is 5.81. The molecule has 2 aromatic rings. The Kier molecular flexibility index (Phi) is 4.04. The summed E-state index contributed by atoms with van der Waals surface area (Å²) >= 11 is 1.71. The Hall–Kier alpha value is -1.33. The molecule has 0 saturated carbocycles. The number of nitrogen functional groups attached to an aromatic ring is 1. The zero-order chi connectivity index (χ0) is 15.0. The fourth-order valence-electron chi connectivity index (χ4n) is 3.06. The lowest BCUT2D eigenvalue weighted by molar-refractivity contribution is 0.231. The molecule has 114 valence electrons. The van der Waals surface area contributed by atoms with E-state index in [1.165, 1.54) is 11.2 Å². The molecule has 3 rings (SSSR count). The molecule has 1 aliphatic heterocycles. The Balaban J connectivity index is 1.77. The van der Waals surface area contributed by atoms with E-state index < -0.39 is 0 Å². The minimum atomic E-state index is 0.732. The van der Waals surface area contributed by atoms with Crippen molar-refractivity contribution in [3.63, 3.8) is 0 Å². The van der Waals surface area contributed by atoms with Crippen molar-refractivity contribution >= 4 is 32.9 Å². The zero-order valence-corrected chi connectivity index (χ0v) is 13.9. The van der Waals surface area contributed by atoms with Crippen LogP contribution in [0, 0.1) is 12.8 Å². The molecule has 0 aliphatic carbocycles. The normalized spacial score (nSPS) is 17.0. The van der Waals surface area contributed by atoms with Crippen LogP contribution in [0.2, 0.25) is 0 Å². The van der Waals surface area contributed by atoms with Gasteiger partial charge in [0.1, 0.15) is 0 Å². The van der Waals surface area contributed by atoms with E-state index in [0.29, 0.717) is 0 Å². The zero-order valence-electron chi connectivity index (χ0n) is 13.1. The van der Waals surface area contributed by atoms with Crippen molar-refractivity contribution in [2.24, 2.45) is 5.92 Å². The topological polar surface area (TPSA) is 45.4 Å². The van der Waals surface area contributed by atoms with Crippen molar-refractivity contribution < 1.29 is 0 Å². The molecule has 2 N–H and O–H groups in total. The highest BCUT2D eigenvalue weighted by Gasteiger charge is 2.20. The first-order valence-corrected chi connectivity index (χ1v) is 8.48. The second-order valence-corrected chi connectivity index (χ2v) is 7.53. The van der Waals surface area contributed by atoms with Gasteiger partial charge in [0.15, 0.2) is 0 Å². The Morgan fingerprint density at radius 3 is 2.62 bits per heavy atom. The highest BCUT2D eigenvalue weighted by molar-refractivity contribution is 7.18. The number of piperazine rings is 1. The van der Waals surface area contributed by atoms with Crippen molar-refractivity contribution in [3.05, 3.63) is 17.1 Å². The summed E-state index contributed by atoms with van der Waals surface area (Å²) in [4.78, 5) is 9.54. The summed E-state index contributed by atoms with van der Waals surface area (Å²) < 4.78 is 1.19. The molecule has 1 aromatic carbocycles. The number of rotatable bonds is 3. The Morgan fingerprint density at radius 1 is 1.24 bits per heavy atom. The number of aryl methyl sites for hydroxylation is 1. The molecule has 0 bridgehead atoms. The number of hydrogen-bond acceptors (Lipinski definition) is 5. The summed E-state index contributed by atoms with van der Waals surface area (Å²) in [6.07, 6.45) is 0. The quantitative estimate of drug-likeness (QED) is 0.886. The van der Waals surface area contributed by atoms with E-state index in [4.69, 9.17) is 5.73 Å². The average Bonchev–Trinajstić information content (AvgIpc) is 2.77. The molecule has 0 radical (unpaired) electrons. The van der Waals surface area contributed by atoms with Crippen LogP contribution in [-0.2, 0) is 0 Å². The van der Waals surface area contributed by atoms with Gasteiger partial charge in [0.2, 0.25) is 0 Å². The summed E-state index contributed by atoms with van der Waals surface area (Å²) in [5.41, 5.74) is 9.37. The van der Waals surface area contributed by atoms with Gasteiger partial charge in [-0.15, -0.1) is 11.3 Å². The highest BCUT2D eigenvalue weighted by atomic mass is 32.1. The monoisotopic (exact) mass is 304 g/mol. The molecule has 1 fully saturated rings. The molecule has 0 atom stereocenters. The molecule has 1 saturated heterocycles. The van der Waals surface area contributed by atoms with Crippen LogP contribution in [0.15, 0.2) is 12.1 Å². The first-order chi connectivity index (χ1) is 10.0. The summed E-state index contributed by atoms with van der Waals surface area (Å²) in [6.45, 7) is 12.1. The van der Waals surface area contributed by atoms with E-state index in [9.17, 15) is 0 Å². The fraction of sp³-hybridized carbons (Fsp3) is 0.562. The number of fused-ring (bicyclic) bond motifs is 1. The standard InChI is InChI=1S/C16H24N4S/c1-11(2)10-19-4-6-20(7-5-19)15-9-14-16(8-13(15)17)21-12(3)18-14/h8-9,11H,4-7,10,17H2,1-3H3. The molecular formula is C16H24N4S. The predicted molar refractivity (Wildman–Crippen MR) is 92.3 cm³/mol. The number of thiazole rings is 1. The van der Waals surface area contributed by atoms with Gasteiger partial charge in [0.05, 0.1) is 26.6 Å². The molecule has 21 heavy (non-hydrogen) atoms. The Morgan fingerprint density at radius 2 is 1.95 bits per heavy atom. The van der Waals surface area contributed by atoms with E-state index in [2.05, 4.69) is 40.8 Å². The first-order valence-electron chi connectivity index (χ1n) is 7.67. The summed E-state index contributed by atoms with van der Waals surface area (Å²) in [6, 6.07) is 4.24. The molecule has 0 spiro atoms. The van der Waals surface area contributed by atoms with Crippen molar-refractivity contribution in [1.29, 1.82) is 0 Å². The Labute approximate surface area is 130 Å². The predicted octanol–water partition coefficient (Wildman–Crippen LogP) is 2.96. The van der Waals surface area contributed by atoms with Gasteiger partial charge >= 0.3 is 0 Å². The third kappa shape index (κ3) is 3.14. The smallest absolute Gasteiger partial charge is 0.0907 e. The summed E-state index contributed by atoms with van der Waals surface area (Å²) in [7, 11) is 0.